The van der Waals surface area contributed by atoms with Crippen LogP contribution in [0.1, 0.15) is 5.56 Å². The van der Waals surface area contributed by atoms with Crippen molar-refractivity contribution in [3.63, 3.8) is 0 Å². The van der Waals surface area contributed by atoms with Crippen molar-refractivity contribution in [2.24, 2.45) is 4.99 Å². The first-order valence-electron chi connectivity index (χ1n) is 6.36. The molecule has 0 radical (unpaired) electrons. The van der Waals surface area contributed by atoms with E-state index in [1.807, 2.05) is 12.1 Å². The predicted molar refractivity (Wildman–Crippen MR) is 82.8 cm³/mol. The second-order valence-corrected chi connectivity index (χ2v) is 6.71. The SMILES string of the molecule is Clc1nssc1=Nc1cccc(CN2CCOCC2)c1. The van der Waals surface area contributed by atoms with E-state index in [2.05, 4.69) is 26.4 Å². The summed E-state index contributed by atoms with van der Waals surface area (Å²) in [7, 11) is 2.85. The molecule has 0 N–H and O–H groups in total. The third-order valence-corrected chi connectivity index (χ3v) is 5.23. The molecule has 2 heterocycles. The van der Waals surface area contributed by atoms with Crippen molar-refractivity contribution in [1.82, 2.24) is 9.27 Å². The van der Waals surface area contributed by atoms with Gasteiger partial charge in [0.25, 0.3) is 0 Å². The van der Waals surface area contributed by atoms with Gasteiger partial charge in [-0.15, -0.1) is 0 Å². The van der Waals surface area contributed by atoms with Crippen molar-refractivity contribution in [2.45, 2.75) is 6.54 Å². The van der Waals surface area contributed by atoms with Gasteiger partial charge in [0.2, 0.25) is 0 Å². The largest absolute Gasteiger partial charge is 0.379 e. The zero-order valence-corrected chi connectivity index (χ0v) is 13.2. The minimum atomic E-state index is 0.485. The highest BCUT2D eigenvalue weighted by atomic mass is 35.5. The van der Waals surface area contributed by atoms with Crippen LogP contribution in [0, 0.1) is 0 Å². The maximum Gasteiger partial charge on any atom is 0.179 e. The molecule has 1 fully saturated rings. The van der Waals surface area contributed by atoms with Gasteiger partial charge in [0.05, 0.1) is 18.9 Å². The van der Waals surface area contributed by atoms with Gasteiger partial charge in [0, 0.05) is 30.2 Å². The van der Waals surface area contributed by atoms with E-state index in [1.54, 1.807) is 0 Å². The van der Waals surface area contributed by atoms with Gasteiger partial charge in [0.1, 0.15) is 0 Å². The van der Waals surface area contributed by atoms with E-state index in [0.29, 0.717) is 5.15 Å². The van der Waals surface area contributed by atoms with Crippen LogP contribution in [0.3, 0.4) is 0 Å². The number of rotatable bonds is 3. The van der Waals surface area contributed by atoms with E-state index in [0.717, 1.165) is 43.2 Å². The summed E-state index contributed by atoms with van der Waals surface area (Å²) in [6.07, 6.45) is 0. The molecule has 7 heteroatoms. The number of morpholine rings is 1. The number of hydrogen-bond donors (Lipinski definition) is 0. The Kier molecular flexibility index (Phi) is 4.80. The molecule has 106 valence electrons. The molecule has 0 spiro atoms. The molecule has 3 rings (SSSR count). The molecule has 20 heavy (non-hydrogen) atoms. The predicted octanol–water partition coefficient (Wildman–Crippen LogP) is 2.92. The fourth-order valence-electron chi connectivity index (χ4n) is 2.08. The van der Waals surface area contributed by atoms with Gasteiger partial charge in [-0.1, -0.05) is 23.7 Å². The van der Waals surface area contributed by atoms with Crippen LogP contribution in [-0.4, -0.2) is 35.6 Å². The zero-order chi connectivity index (χ0) is 13.8. The third kappa shape index (κ3) is 3.65. The first-order valence-corrected chi connectivity index (χ1v) is 8.85. The second-order valence-electron chi connectivity index (χ2n) is 4.52. The summed E-state index contributed by atoms with van der Waals surface area (Å²) in [6.45, 7) is 4.56. The van der Waals surface area contributed by atoms with Crippen molar-refractivity contribution in [3.05, 3.63) is 39.7 Å². The molecular formula is C13H14ClN3OS2. The summed E-state index contributed by atoms with van der Waals surface area (Å²) in [5.41, 5.74) is 2.19. The molecule has 1 aliphatic rings. The fourth-order valence-corrected chi connectivity index (χ4v) is 4.08. The highest BCUT2D eigenvalue weighted by molar-refractivity contribution is 7.66. The Balaban J connectivity index is 1.77. The lowest BCUT2D eigenvalue weighted by Gasteiger charge is -2.26. The van der Waals surface area contributed by atoms with E-state index >= 15 is 0 Å². The van der Waals surface area contributed by atoms with Gasteiger partial charge in [-0.2, -0.15) is 4.37 Å². The lowest BCUT2D eigenvalue weighted by Crippen LogP contribution is -2.35. The van der Waals surface area contributed by atoms with Gasteiger partial charge in [0.15, 0.2) is 9.82 Å². The van der Waals surface area contributed by atoms with Crippen LogP contribution in [0.25, 0.3) is 0 Å². The third-order valence-electron chi connectivity index (χ3n) is 3.06. The molecule has 0 saturated carbocycles. The summed E-state index contributed by atoms with van der Waals surface area (Å²) in [5, 5.41) is 0.485. The minimum Gasteiger partial charge on any atom is -0.379 e. The first kappa shape index (κ1) is 14.2. The summed E-state index contributed by atoms with van der Waals surface area (Å²) in [5.74, 6) is 0. The Morgan fingerprint density at radius 2 is 2.20 bits per heavy atom. The molecule has 0 aliphatic carbocycles. The van der Waals surface area contributed by atoms with Gasteiger partial charge >= 0.3 is 0 Å². The molecule has 0 bridgehead atoms. The maximum absolute atomic E-state index is 5.98. The Morgan fingerprint density at radius 3 is 2.95 bits per heavy atom. The van der Waals surface area contributed by atoms with Crippen LogP contribution in [0.4, 0.5) is 5.69 Å². The van der Waals surface area contributed by atoms with Crippen LogP contribution >= 0.6 is 32.5 Å². The van der Waals surface area contributed by atoms with E-state index in [1.165, 1.54) is 26.4 Å². The van der Waals surface area contributed by atoms with Gasteiger partial charge in [-0.05, 0) is 28.0 Å². The molecule has 1 aromatic heterocycles. The van der Waals surface area contributed by atoms with E-state index in [-0.39, 0.29) is 0 Å². The average molecular weight is 328 g/mol. The van der Waals surface area contributed by atoms with Crippen LogP contribution in [0.2, 0.25) is 5.15 Å². The normalized spacial score (nSPS) is 17.6. The number of aromatic nitrogens is 1. The van der Waals surface area contributed by atoms with Crippen LogP contribution in [-0.2, 0) is 11.3 Å². The first-order chi connectivity index (χ1) is 9.81. The van der Waals surface area contributed by atoms with Gasteiger partial charge in [-0.25, -0.2) is 4.99 Å². The summed E-state index contributed by atoms with van der Waals surface area (Å²) in [6, 6.07) is 8.26. The number of halogens is 1. The monoisotopic (exact) mass is 327 g/mol. The van der Waals surface area contributed by atoms with Crippen molar-refractivity contribution < 1.29 is 4.74 Å². The van der Waals surface area contributed by atoms with Crippen molar-refractivity contribution in [3.8, 4) is 0 Å². The lowest BCUT2D eigenvalue weighted by molar-refractivity contribution is 0.0342. The Hall–Kier alpha value is -0.790. The number of benzene rings is 1. The number of ether oxygens (including phenoxy) is 1. The molecule has 1 aliphatic heterocycles. The van der Waals surface area contributed by atoms with E-state index in [9.17, 15) is 0 Å². The zero-order valence-electron chi connectivity index (χ0n) is 10.8. The number of nitrogens with zero attached hydrogens (tertiary/aromatic N) is 3. The maximum atomic E-state index is 5.98. The van der Waals surface area contributed by atoms with Crippen molar-refractivity contribution in [1.29, 1.82) is 0 Å². The molecule has 1 saturated heterocycles. The topological polar surface area (TPSA) is 37.7 Å². The van der Waals surface area contributed by atoms with Crippen LogP contribution in [0.5, 0.6) is 0 Å². The molecule has 0 amide bonds. The van der Waals surface area contributed by atoms with E-state index in [4.69, 9.17) is 16.3 Å². The van der Waals surface area contributed by atoms with Crippen LogP contribution in [0.15, 0.2) is 29.3 Å². The second kappa shape index (κ2) is 6.78. The lowest BCUT2D eigenvalue weighted by atomic mass is 10.2. The molecule has 0 unspecified atom stereocenters. The Bertz CT molecular complexity index is 634. The molecule has 4 nitrogen and oxygen atoms in total. The van der Waals surface area contributed by atoms with E-state index < -0.39 is 0 Å². The minimum absolute atomic E-state index is 0.485. The summed E-state index contributed by atoms with van der Waals surface area (Å²) < 4.78 is 10.2. The standard InChI is InChI=1S/C13H14ClN3OS2/c14-12-13(19-20-16-12)15-11-3-1-2-10(8-11)9-17-4-6-18-7-5-17/h1-3,8H,4-7,9H2. The molecular weight excluding hydrogens is 314 g/mol. The fraction of sp³-hybridized carbons (Fsp3) is 0.385. The van der Waals surface area contributed by atoms with Gasteiger partial charge in [-0.3, -0.25) is 4.90 Å². The molecule has 2 aromatic rings. The van der Waals surface area contributed by atoms with Gasteiger partial charge < -0.3 is 4.74 Å². The Labute approximate surface area is 129 Å². The Morgan fingerprint density at radius 1 is 1.35 bits per heavy atom. The molecule has 1 aromatic carbocycles. The van der Waals surface area contributed by atoms with Crippen molar-refractivity contribution >= 4 is 38.2 Å². The summed E-state index contributed by atoms with van der Waals surface area (Å²) in [4.78, 5) is 6.94. The highest BCUT2D eigenvalue weighted by Gasteiger charge is 2.10. The quantitative estimate of drug-likeness (QED) is 0.813. The highest BCUT2D eigenvalue weighted by Crippen LogP contribution is 2.17. The smallest absolute Gasteiger partial charge is 0.179 e. The number of hydrogen-bond acceptors (Lipinski definition) is 6. The summed E-state index contributed by atoms with van der Waals surface area (Å²) >= 11 is 5.98. The average Bonchev–Trinajstić information content (AvgIpc) is 2.86. The van der Waals surface area contributed by atoms with Crippen LogP contribution < -0.4 is 4.67 Å². The van der Waals surface area contributed by atoms with Crippen molar-refractivity contribution in [2.75, 3.05) is 26.3 Å². The molecule has 0 atom stereocenters.